The fraction of sp³-hybridized carbons (Fsp3) is 0.348. The van der Waals surface area contributed by atoms with Crippen molar-refractivity contribution in [2.45, 2.75) is 26.1 Å². The maximum atomic E-state index is 13.3. The van der Waals surface area contributed by atoms with Crippen LogP contribution in [0.1, 0.15) is 33.0 Å². The van der Waals surface area contributed by atoms with Gasteiger partial charge < -0.3 is 13.7 Å². The van der Waals surface area contributed by atoms with E-state index in [-0.39, 0.29) is 18.0 Å². The number of carbonyl (C=O) groups excluding carboxylic acids is 1. The number of hydrogen-bond acceptors (Lipinski definition) is 5. The van der Waals surface area contributed by atoms with Gasteiger partial charge in [0.05, 0.1) is 18.1 Å². The van der Waals surface area contributed by atoms with Crippen LogP contribution in [0.3, 0.4) is 0 Å². The van der Waals surface area contributed by atoms with Crippen LogP contribution in [-0.2, 0) is 19.1 Å². The Balaban J connectivity index is 1.53. The number of carbonyl (C=O) groups is 1. The fourth-order valence-corrected chi connectivity index (χ4v) is 3.84. The van der Waals surface area contributed by atoms with E-state index in [4.69, 9.17) is 8.83 Å². The van der Waals surface area contributed by atoms with E-state index >= 15 is 0 Å². The Morgan fingerprint density at radius 1 is 1.06 bits per heavy atom. The second-order valence-corrected chi connectivity index (χ2v) is 7.75. The number of benzene rings is 1. The van der Waals surface area contributed by atoms with Crippen LogP contribution in [0.25, 0.3) is 0 Å². The van der Waals surface area contributed by atoms with Gasteiger partial charge in [0.1, 0.15) is 5.76 Å². The lowest BCUT2D eigenvalue weighted by atomic mass is 10.0. The number of halogens is 3. The fourth-order valence-electron chi connectivity index (χ4n) is 3.84. The second-order valence-electron chi connectivity index (χ2n) is 7.75. The van der Waals surface area contributed by atoms with Gasteiger partial charge in [-0.3, -0.25) is 9.69 Å². The van der Waals surface area contributed by atoms with Gasteiger partial charge >= 0.3 is 6.18 Å². The first-order valence-corrected chi connectivity index (χ1v) is 10.1. The summed E-state index contributed by atoms with van der Waals surface area (Å²) in [6.07, 6.45) is -1.28. The molecule has 31 heavy (non-hydrogen) atoms. The minimum Gasteiger partial charge on any atom is -0.472 e. The molecule has 5 nitrogen and oxygen atoms in total. The summed E-state index contributed by atoms with van der Waals surface area (Å²) < 4.78 is 50.4. The molecule has 1 aliphatic heterocycles. The Morgan fingerprint density at radius 2 is 1.84 bits per heavy atom. The van der Waals surface area contributed by atoms with E-state index < -0.39 is 11.7 Å². The van der Waals surface area contributed by atoms with Gasteiger partial charge in [0.2, 0.25) is 5.78 Å². The van der Waals surface area contributed by atoms with Crippen molar-refractivity contribution in [2.75, 3.05) is 31.1 Å². The lowest BCUT2D eigenvalue weighted by molar-refractivity contribution is -0.137. The largest absolute Gasteiger partial charge is 0.472 e. The van der Waals surface area contributed by atoms with E-state index in [2.05, 4.69) is 4.90 Å². The Morgan fingerprint density at radius 3 is 2.45 bits per heavy atom. The molecule has 1 aromatic carbocycles. The SMILES string of the molecule is Cc1ccc(C(=O)Cc2cc(C(F)(F)F)ccc2N2CCN(Cc3ccoc3)CC2)o1. The maximum absolute atomic E-state index is 13.3. The molecule has 8 heteroatoms. The molecule has 0 bridgehead atoms. The molecule has 0 unspecified atom stereocenters. The highest BCUT2D eigenvalue weighted by atomic mass is 19.4. The molecule has 0 amide bonds. The van der Waals surface area contributed by atoms with E-state index in [0.29, 0.717) is 30.1 Å². The number of alkyl halides is 3. The third kappa shape index (κ3) is 5.02. The highest BCUT2D eigenvalue weighted by Crippen LogP contribution is 2.34. The summed E-state index contributed by atoms with van der Waals surface area (Å²) in [6.45, 7) is 5.32. The third-order valence-corrected chi connectivity index (χ3v) is 5.47. The van der Waals surface area contributed by atoms with E-state index in [1.54, 1.807) is 31.6 Å². The van der Waals surface area contributed by atoms with Crippen LogP contribution in [0.5, 0.6) is 0 Å². The molecular weight excluding hydrogens is 409 g/mol. The van der Waals surface area contributed by atoms with Crippen LogP contribution >= 0.6 is 0 Å². The van der Waals surface area contributed by atoms with Crippen molar-refractivity contribution in [1.29, 1.82) is 0 Å². The van der Waals surface area contributed by atoms with Crippen molar-refractivity contribution in [1.82, 2.24) is 4.90 Å². The molecule has 3 aromatic rings. The van der Waals surface area contributed by atoms with Crippen molar-refractivity contribution in [3.8, 4) is 0 Å². The number of ketones is 1. The lowest BCUT2D eigenvalue weighted by Gasteiger charge is -2.37. The second kappa shape index (κ2) is 8.63. The monoisotopic (exact) mass is 432 g/mol. The van der Waals surface area contributed by atoms with Crippen molar-refractivity contribution in [3.63, 3.8) is 0 Å². The van der Waals surface area contributed by atoms with E-state index in [9.17, 15) is 18.0 Å². The van der Waals surface area contributed by atoms with Crippen molar-refractivity contribution in [3.05, 3.63) is 77.1 Å². The molecule has 0 radical (unpaired) electrons. The molecule has 1 aliphatic rings. The molecule has 0 N–H and O–H groups in total. The van der Waals surface area contributed by atoms with Crippen molar-refractivity contribution < 1.29 is 26.8 Å². The summed E-state index contributed by atoms with van der Waals surface area (Å²) in [5.74, 6) is 0.402. The van der Waals surface area contributed by atoms with Gasteiger partial charge in [-0.1, -0.05) is 0 Å². The molecule has 0 atom stereocenters. The predicted molar refractivity (Wildman–Crippen MR) is 109 cm³/mol. The first kappa shape index (κ1) is 21.2. The highest BCUT2D eigenvalue weighted by molar-refractivity contribution is 5.96. The minimum absolute atomic E-state index is 0.151. The molecule has 0 saturated carbocycles. The Labute approximate surface area is 178 Å². The summed E-state index contributed by atoms with van der Waals surface area (Å²) in [5, 5.41) is 0. The highest BCUT2D eigenvalue weighted by Gasteiger charge is 2.32. The molecule has 164 valence electrons. The minimum atomic E-state index is -4.47. The number of furan rings is 2. The third-order valence-electron chi connectivity index (χ3n) is 5.47. The standard InChI is InChI=1S/C23H23F3N2O3/c1-16-2-5-22(31-16)21(29)13-18-12-19(23(24,25)26)3-4-20(18)28-9-7-27(8-10-28)14-17-6-11-30-15-17/h2-6,11-12,15H,7-10,13-14H2,1H3. The van der Waals surface area contributed by atoms with Crippen LogP contribution in [0, 0.1) is 6.92 Å². The first-order valence-electron chi connectivity index (χ1n) is 10.1. The molecule has 2 aromatic heterocycles. The Kier molecular flexibility index (Phi) is 5.91. The number of rotatable bonds is 6. The number of Topliss-reactive ketones (excluding diaryl/α,β-unsaturated/α-hetero) is 1. The summed E-state index contributed by atoms with van der Waals surface area (Å²) >= 11 is 0. The smallest absolute Gasteiger partial charge is 0.416 e. The maximum Gasteiger partial charge on any atom is 0.416 e. The van der Waals surface area contributed by atoms with Gasteiger partial charge in [0.15, 0.2) is 5.76 Å². The van der Waals surface area contributed by atoms with E-state index in [0.717, 1.165) is 37.3 Å². The lowest BCUT2D eigenvalue weighted by Crippen LogP contribution is -2.46. The Hall–Kier alpha value is -3.00. The Bertz CT molecular complexity index is 1030. The quantitative estimate of drug-likeness (QED) is 0.516. The summed E-state index contributed by atoms with van der Waals surface area (Å²) in [5.41, 5.74) is 1.35. The predicted octanol–water partition coefficient (Wildman–Crippen LogP) is 4.95. The van der Waals surface area contributed by atoms with Crippen LogP contribution < -0.4 is 4.90 Å². The first-order chi connectivity index (χ1) is 14.8. The zero-order chi connectivity index (χ0) is 22.0. The topological polar surface area (TPSA) is 49.8 Å². The summed E-state index contributed by atoms with van der Waals surface area (Å²) in [7, 11) is 0. The number of nitrogens with zero attached hydrogens (tertiary/aromatic N) is 2. The van der Waals surface area contributed by atoms with Crippen molar-refractivity contribution >= 4 is 11.5 Å². The van der Waals surface area contributed by atoms with Crippen LogP contribution in [-0.4, -0.2) is 36.9 Å². The molecule has 0 aliphatic carbocycles. The molecule has 1 saturated heterocycles. The van der Waals surface area contributed by atoms with Crippen molar-refractivity contribution in [2.24, 2.45) is 0 Å². The molecular formula is C23H23F3N2O3. The average Bonchev–Trinajstić information content (AvgIpc) is 3.40. The van der Waals surface area contributed by atoms with Crippen LogP contribution in [0.15, 0.2) is 57.8 Å². The van der Waals surface area contributed by atoms with Gasteiger partial charge in [-0.15, -0.1) is 0 Å². The zero-order valence-corrected chi connectivity index (χ0v) is 17.1. The molecule has 4 rings (SSSR count). The van der Waals surface area contributed by atoms with E-state index in [1.807, 2.05) is 11.0 Å². The van der Waals surface area contributed by atoms with Gasteiger partial charge in [0, 0.05) is 50.4 Å². The number of hydrogen-bond donors (Lipinski definition) is 0. The summed E-state index contributed by atoms with van der Waals surface area (Å²) in [4.78, 5) is 17.0. The van der Waals surface area contributed by atoms with Crippen LogP contribution in [0.4, 0.5) is 18.9 Å². The molecule has 3 heterocycles. The zero-order valence-electron chi connectivity index (χ0n) is 17.1. The average molecular weight is 432 g/mol. The van der Waals surface area contributed by atoms with Gasteiger partial charge in [-0.05, 0) is 48.9 Å². The number of piperazine rings is 1. The molecule has 0 spiro atoms. The van der Waals surface area contributed by atoms with Gasteiger partial charge in [-0.25, -0.2) is 0 Å². The summed E-state index contributed by atoms with van der Waals surface area (Å²) in [6, 6.07) is 8.78. The molecule has 1 fully saturated rings. The van der Waals surface area contributed by atoms with Gasteiger partial charge in [-0.2, -0.15) is 13.2 Å². The van der Waals surface area contributed by atoms with Crippen LogP contribution in [0.2, 0.25) is 0 Å². The normalized spacial score (nSPS) is 15.4. The number of anilines is 1. The van der Waals surface area contributed by atoms with E-state index in [1.165, 1.54) is 6.07 Å². The van der Waals surface area contributed by atoms with Gasteiger partial charge in [0.25, 0.3) is 0 Å². The number of aryl methyl sites for hydroxylation is 1.